The van der Waals surface area contributed by atoms with Crippen LogP contribution in [0.4, 0.5) is 0 Å². The highest BCUT2D eigenvalue weighted by molar-refractivity contribution is 5.45. The number of aromatic hydroxyl groups is 2. The van der Waals surface area contributed by atoms with Crippen molar-refractivity contribution in [2.45, 2.75) is 49.3 Å². The molecule has 9 nitrogen and oxygen atoms in total. The SMILES string of the molecule is CO[C@H]1O[C@@H](CO)[C@@H](O)[C@@H](O)[C@H]1O[C@H]1c2ccc(O)cc2O[C@@H]1Cc1ccc(O)cc1. The van der Waals surface area contributed by atoms with Gasteiger partial charge in [0.2, 0.25) is 0 Å². The summed E-state index contributed by atoms with van der Waals surface area (Å²) in [5.41, 5.74) is 1.56. The lowest BCUT2D eigenvalue weighted by Gasteiger charge is -2.42. The first-order valence-electron chi connectivity index (χ1n) is 9.99. The van der Waals surface area contributed by atoms with Gasteiger partial charge in [-0.15, -0.1) is 0 Å². The molecular weight excluding hydrogens is 408 g/mol. The van der Waals surface area contributed by atoms with Gasteiger partial charge in [-0.05, 0) is 29.8 Å². The molecule has 1 fully saturated rings. The summed E-state index contributed by atoms with van der Waals surface area (Å²) in [7, 11) is 1.38. The lowest BCUT2D eigenvalue weighted by molar-refractivity contribution is -0.313. The first-order chi connectivity index (χ1) is 14.9. The van der Waals surface area contributed by atoms with Crippen molar-refractivity contribution in [3.8, 4) is 17.2 Å². The van der Waals surface area contributed by atoms with Crippen LogP contribution in [0.15, 0.2) is 42.5 Å². The quantitative estimate of drug-likeness (QED) is 0.443. The Morgan fingerprint density at radius 1 is 0.935 bits per heavy atom. The molecule has 0 amide bonds. The van der Waals surface area contributed by atoms with Gasteiger partial charge in [-0.25, -0.2) is 0 Å². The fourth-order valence-corrected chi connectivity index (χ4v) is 4.02. The van der Waals surface area contributed by atoms with Crippen molar-refractivity contribution in [3.05, 3.63) is 53.6 Å². The van der Waals surface area contributed by atoms with Crippen molar-refractivity contribution in [3.63, 3.8) is 0 Å². The summed E-state index contributed by atoms with van der Waals surface area (Å²) in [6.07, 6.45) is -6.57. The van der Waals surface area contributed by atoms with E-state index in [0.717, 1.165) is 5.56 Å². The molecule has 2 aliphatic rings. The van der Waals surface area contributed by atoms with Crippen LogP contribution in [0.25, 0.3) is 0 Å². The largest absolute Gasteiger partial charge is 0.508 e. The number of aliphatic hydroxyl groups is 3. The van der Waals surface area contributed by atoms with Gasteiger partial charge in [0.15, 0.2) is 6.29 Å². The van der Waals surface area contributed by atoms with Gasteiger partial charge in [-0.1, -0.05) is 12.1 Å². The molecule has 0 aromatic heterocycles. The summed E-state index contributed by atoms with van der Waals surface area (Å²) in [6.45, 7) is -0.483. The third-order valence-corrected chi connectivity index (χ3v) is 5.65. The Kier molecular flexibility index (Phi) is 6.33. The highest BCUT2D eigenvalue weighted by Crippen LogP contribution is 2.44. The number of methoxy groups -OCH3 is 1. The average Bonchev–Trinajstić information content (AvgIpc) is 3.09. The first kappa shape index (κ1) is 21.8. The van der Waals surface area contributed by atoms with Gasteiger partial charge in [-0.2, -0.15) is 0 Å². The average molecular weight is 434 g/mol. The molecule has 9 heteroatoms. The van der Waals surface area contributed by atoms with Crippen LogP contribution in [-0.4, -0.2) is 76.1 Å². The van der Waals surface area contributed by atoms with Gasteiger partial charge in [-0.3, -0.25) is 0 Å². The first-order valence-corrected chi connectivity index (χ1v) is 9.99. The van der Waals surface area contributed by atoms with E-state index in [1.165, 1.54) is 19.2 Å². The number of rotatable bonds is 6. The Balaban J connectivity index is 1.61. The zero-order valence-corrected chi connectivity index (χ0v) is 16.9. The normalized spacial score (nSPS) is 32.5. The summed E-state index contributed by atoms with van der Waals surface area (Å²) < 4.78 is 23.1. The summed E-state index contributed by atoms with van der Waals surface area (Å²) in [5, 5.41) is 49.7. The number of phenols is 2. The third kappa shape index (κ3) is 4.33. The van der Waals surface area contributed by atoms with Gasteiger partial charge >= 0.3 is 0 Å². The fourth-order valence-electron chi connectivity index (χ4n) is 4.02. The molecule has 0 aliphatic carbocycles. The Bertz CT molecular complexity index is 885. The monoisotopic (exact) mass is 434 g/mol. The van der Waals surface area contributed by atoms with Crippen molar-refractivity contribution < 1.29 is 44.5 Å². The van der Waals surface area contributed by atoms with Crippen LogP contribution in [0.2, 0.25) is 0 Å². The minimum atomic E-state index is -1.37. The Morgan fingerprint density at radius 2 is 1.65 bits per heavy atom. The van der Waals surface area contributed by atoms with E-state index in [2.05, 4.69) is 0 Å². The predicted molar refractivity (Wildman–Crippen MR) is 107 cm³/mol. The molecule has 5 N–H and O–H groups in total. The van der Waals surface area contributed by atoms with Crippen LogP contribution >= 0.6 is 0 Å². The molecule has 2 aliphatic heterocycles. The van der Waals surface area contributed by atoms with Crippen molar-refractivity contribution in [1.29, 1.82) is 0 Å². The highest BCUT2D eigenvalue weighted by atomic mass is 16.7. The maximum Gasteiger partial charge on any atom is 0.186 e. The Labute approximate surface area is 179 Å². The number of phenolic OH excluding ortho intramolecular Hbond substituents is 2. The van der Waals surface area contributed by atoms with Crippen LogP contribution < -0.4 is 4.74 Å². The van der Waals surface area contributed by atoms with E-state index in [-0.39, 0.29) is 11.5 Å². The highest BCUT2D eigenvalue weighted by Gasteiger charge is 2.48. The molecule has 0 spiro atoms. The number of hydrogen-bond acceptors (Lipinski definition) is 9. The molecule has 1 saturated heterocycles. The van der Waals surface area contributed by atoms with Crippen LogP contribution in [-0.2, 0) is 20.6 Å². The zero-order chi connectivity index (χ0) is 22.1. The molecule has 0 unspecified atom stereocenters. The Morgan fingerprint density at radius 3 is 2.32 bits per heavy atom. The minimum absolute atomic E-state index is 0.0415. The van der Waals surface area contributed by atoms with Gasteiger partial charge in [0, 0.05) is 25.2 Å². The van der Waals surface area contributed by atoms with E-state index in [4.69, 9.17) is 18.9 Å². The van der Waals surface area contributed by atoms with Gasteiger partial charge in [0.05, 0.1) is 6.61 Å². The smallest absolute Gasteiger partial charge is 0.186 e. The molecule has 0 radical (unpaired) electrons. The molecule has 0 saturated carbocycles. The molecule has 168 valence electrons. The van der Waals surface area contributed by atoms with Crippen molar-refractivity contribution in [2.75, 3.05) is 13.7 Å². The van der Waals surface area contributed by atoms with Crippen molar-refractivity contribution in [1.82, 2.24) is 0 Å². The number of aliphatic hydroxyl groups excluding tert-OH is 3. The second-order valence-electron chi connectivity index (χ2n) is 7.71. The molecule has 2 aromatic carbocycles. The maximum absolute atomic E-state index is 10.6. The summed E-state index contributed by atoms with van der Waals surface area (Å²) in [4.78, 5) is 0. The van der Waals surface area contributed by atoms with Crippen molar-refractivity contribution in [2.24, 2.45) is 0 Å². The van der Waals surface area contributed by atoms with E-state index in [9.17, 15) is 25.5 Å². The molecule has 7 atom stereocenters. The van der Waals surface area contributed by atoms with Gasteiger partial charge in [0.25, 0.3) is 0 Å². The van der Waals surface area contributed by atoms with Crippen molar-refractivity contribution >= 4 is 0 Å². The van der Waals surface area contributed by atoms with E-state index >= 15 is 0 Å². The van der Waals surface area contributed by atoms with E-state index in [1.54, 1.807) is 30.3 Å². The number of hydrogen-bond donors (Lipinski definition) is 5. The molecule has 2 aromatic rings. The predicted octanol–water partition coefficient (Wildman–Crippen LogP) is 0.613. The topological polar surface area (TPSA) is 138 Å². The number of fused-ring (bicyclic) bond motifs is 1. The van der Waals surface area contributed by atoms with E-state index < -0.39 is 49.5 Å². The zero-order valence-electron chi connectivity index (χ0n) is 16.9. The van der Waals surface area contributed by atoms with E-state index in [1.807, 2.05) is 0 Å². The number of benzene rings is 2. The molecule has 0 bridgehead atoms. The third-order valence-electron chi connectivity index (χ3n) is 5.65. The lowest BCUT2D eigenvalue weighted by Crippen LogP contribution is -2.60. The second kappa shape index (κ2) is 8.99. The maximum atomic E-state index is 10.6. The van der Waals surface area contributed by atoms with Crippen LogP contribution in [0.5, 0.6) is 17.2 Å². The molecule has 2 heterocycles. The Hall–Kier alpha value is -2.40. The fraction of sp³-hybridized carbons (Fsp3) is 0.455. The standard InChI is InChI=1S/C22H26O9/c1-28-22-21(19(27)18(26)17(10-23)30-22)31-20-14-7-6-13(25)9-15(14)29-16(20)8-11-2-4-12(24)5-3-11/h2-7,9,16-27H,8,10H2,1H3/t16-,17+,18-,19-,20+,21-,22+/m1/s1. The van der Waals surface area contributed by atoms with Crippen LogP contribution in [0.3, 0.4) is 0 Å². The van der Waals surface area contributed by atoms with Gasteiger partial charge < -0.3 is 44.5 Å². The molecule has 31 heavy (non-hydrogen) atoms. The second-order valence-corrected chi connectivity index (χ2v) is 7.71. The number of ether oxygens (including phenoxy) is 4. The summed E-state index contributed by atoms with van der Waals surface area (Å²) >= 11 is 0. The summed E-state index contributed by atoms with van der Waals surface area (Å²) in [5.74, 6) is 0.637. The lowest BCUT2D eigenvalue weighted by atomic mass is 9.96. The van der Waals surface area contributed by atoms with E-state index in [0.29, 0.717) is 17.7 Å². The summed E-state index contributed by atoms with van der Waals surface area (Å²) in [6, 6.07) is 11.4. The van der Waals surface area contributed by atoms with Gasteiger partial charge in [0.1, 0.15) is 53.9 Å². The van der Waals surface area contributed by atoms with Crippen LogP contribution in [0, 0.1) is 0 Å². The van der Waals surface area contributed by atoms with Crippen LogP contribution in [0.1, 0.15) is 17.2 Å². The minimum Gasteiger partial charge on any atom is -0.508 e. The molecule has 4 rings (SSSR count). The molecular formula is C22H26O9.